The lowest BCUT2D eigenvalue weighted by atomic mass is 10.2. The summed E-state index contributed by atoms with van der Waals surface area (Å²) < 4.78 is 14.8. The van der Waals surface area contributed by atoms with Gasteiger partial charge < -0.3 is 9.47 Å². The average Bonchev–Trinajstić information content (AvgIpc) is 3.14. The lowest BCUT2D eigenvalue weighted by molar-refractivity contribution is -0.0410. The van der Waals surface area contributed by atoms with Crippen LogP contribution in [0.5, 0.6) is 5.88 Å². The Kier molecular flexibility index (Phi) is 6.94. The highest BCUT2D eigenvalue weighted by molar-refractivity contribution is 14.1. The number of benzene rings is 1. The van der Waals surface area contributed by atoms with E-state index in [1.54, 1.807) is 6.20 Å². The molecule has 6 nitrogen and oxygen atoms in total. The Bertz CT molecular complexity index is 980. The van der Waals surface area contributed by atoms with Crippen molar-refractivity contribution in [2.45, 2.75) is 37.3 Å². The molecule has 4 rings (SSSR count). The zero-order chi connectivity index (χ0) is 20.2. The maximum Gasteiger partial charge on any atom is 0.227 e. The first-order chi connectivity index (χ1) is 14.2. The summed E-state index contributed by atoms with van der Waals surface area (Å²) in [7, 11) is 0. The van der Waals surface area contributed by atoms with Crippen LogP contribution in [0.3, 0.4) is 0 Å². The first-order valence-corrected chi connectivity index (χ1v) is 12.0. The van der Waals surface area contributed by atoms with E-state index in [9.17, 15) is 0 Å². The molecule has 1 atom stereocenters. The fourth-order valence-corrected chi connectivity index (χ4v) is 4.69. The molecule has 0 bridgehead atoms. The van der Waals surface area contributed by atoms with Crippen molar-refractivity contribution in [1.29, 1.82) is 0 Å². The molecule has 0 amide bonds. The van der Waals surface area contributed by atoms with Gasteiger partial charge in [-0.15, -0.1) is 0 Å². The molecule has 0 aliphatic carbocycles. The average molecular weight is 543 g/mol. The monoisotopic (exact) mass is 542 g/mol. The van der Waals surface area contributed by atoms with Crippen LogP contribution in [0.2, 0.25) is 5.15 Å². The number of halogens is 2. The van der Waals surface area contributed by atoms with E-state index in [0.29, 0.717) is 28.4 Å². The molecule has 3 aromatic rings. The number of thioether (sulfide) groups is 1. The van der Waals surface area contributed by atoms with E-state index in [2.05, 4.69) is 37.7 Å². The number of hydrogen-bond donors (Lipinski definition) is 0. The SMILES string of the molecule is CSc1nc(Cl)c(-c2cnn(C3CCCCO3)c2I)c(OCc2ccccc2)n1. The van der Waals surface area contributed by atoms with Gasteiger partial charge in [-0.05, 0) is 53.7 Å². The first kappa shape index (κ1) is 20.9. The third kappa shape index (κ3) is 4.70. The van der Waals surface area contributed by atoms with Gasteiger partial charge in [-0.2, -0.15) is 10.1 Å². The molecule has 2 aromatic heterocycles. The van der Waals surface area contributed by atoms with Gasteiger partial charge in [0, 0.05) is 12.2 Å². The van der Waals surface area contributed by atoms with E-state index in [1.807, 2.05) is 41.3 Å². The predicted octanol–water partition coefficient (Wildman–Crippen LogP) is 5.60. The van der Waals surface area contributed by atoms with Crippen LogP contribution in [0.1, 0.15) is 31.1 Å². The van der Waals surface area contributed by atoms with Gasteiger partial charge in [-0.1, -0.05) is 53.7 Å². The number of hydrogen-bond acceptors (Lipinski definition) is 6. The van der Waals surface area contributed by atoms with Crippen LogP contribution in [0.4, 0.5) is 0 Å². The largest absolute Gasteiger partial charge is 0.472 e. The van der Waals surface area contributed by atoms with Crippen LogP contribution in [0.25, 0.3) is 11.1 Å². The molecule has 0 N–H and O–H groups in total. The number of rotatable bonds is 6. The Hall–Kier alpha value is -1.36. The quantitative estimate of drug-likeness (QED) is 0.175. The van der Waals surface area contributed by atoms with Crippen molar-refractivity contribution in [2.75, 3.05) is 12.9 Å². The second-order valence-electron chi connectivity index (χ2n) is 6.57. The van der Waals surface area contributed by atoms with Crippen LogP contribution < -0.4 is 4.74 Å². The maximum absolute atomic E-state index is 6.58. The molecular formula is C20H20ClIN4O2S. The summed E-state index contributed by atoms with van der Waals surface area (Å²) in [6, 6.07) is 9.97. The Labute approximate surface area is 192 Å². The second-order valence-corrected chi connectivity index (χ2v) is 8.72. The van der Waals surface area contributed by atoms with Crippen molar-refractivity contribution in [2.24, 2.45) is 0 Å². The van der Waals surface area contributed by atoms with Gasteiger partial charge >= 0.3 is 0 Å². The van der Waals surface area contributed by atoms with E-state index >= 15 is 0 Å². The highest BCUT2D eigenvalue weighted by atomic mass is 127. The molecule has 1 saturated heterocycles. The van der Waals surface area contributed by atoms with Crippen molar-refractivity contribution in [3.8, 4) is 17.0 Å². The smallest absolute Gasteiger partial charge is 0.227 e. The van der Waals surface area contributed by atoms with Crippen molar-refractivity contribution in [3.05, 3.63) is 50.9 Å². The highest BCUT2D eigenvalue weighted by Crippen LogP contribution is 2.39. The lowest BCUT2D eigenvalue weighted by Crippen LogP contribution is -2.20. The second kappa shape index (κ2) is 9.63. The van der Waals surface area contributed by atoms with Gasteiger partial charge in [-0.25, -0.2) is 9.67 Å². The predicted molar refractivity (Wildman–Crippen MR) is 122 cm³/mol. The van der Waals surface area contributed by atoms with Crippen LogP contribution in [0.15, 0.2) is 41.7 Å². The molecule has 0 radical (unpaired) electrons. The van der Waals surface area contributed by atoms with Gasteiger partial charge in [0.2, 0.25) is 5.88 Å². The Morgan fingerprint density at radius 3 is 2.83 bits per heavy atom. The van der Waals surface area contributed by atoms with E-state index in [-0.39, 0.29) is 6.23 Å². The van der Waals surface area contributed by atoms with E-state index < -0.39 is 0 Å². The summed E-state index contributed by atoms with van der Waals surface area (Å²) in [5.41, 5.74) is 2.56. The van der Waals surface area contributed by atoms with Gasteiger partial charge in [0.1, 0.15) is 15.5 Å². The van der Waals surface area contributed by atoms with E-state index in [0.717, 1.165) is 40.7 Å². The molecule has 9 heteroatoms. The summed E-state index contributed by atoms with van der Waals surface area (Å²) in [4.78, 5) is 8.99. The van der Waals surface area contributed by atoms with Crippen molar-refractivity contribution in [1.82, 2.24) is 19.7 Å². The normalized spacial score (nSPS) is 16.7. The Morgan fingerprint density at radius 1 is 1.28 bits per heavy atom. The van der Waals surface area contributed by atoms with E-state index in [1.165, 1.54) is 11.8 Å². The summed E-state index contributed by atoms with van der Waals surface area (Å²) in [5.74, 6) is 0.459. The fourth-order valence-electron chi connectivity index (χ4n) is 3.18. The molecule has 1 unspecified atom stereocenters. The Balaban J connectivity index is 1.70. The number of ether oxygens (including phenoxy) is 2. The van der Waals surface area contributed by atoms with Crippen LogP contribution >= 0.6 is 46.0 Å². The molecular weight excluding hydrogens is 523 g/mol. The summed E-state index contributed by atoms with van der Waals surface area (Å²) in [6.07, 6.45) is 6.82. The molecule has 1 aliphatic rings. The van der Waals surface area contributed by atoms with Gasteiger partial charge in [0.05, 0.1) is 11.8 Å². The summed E-state index contributed by atoms with van der Waals surface area (Å²) in [5, 5.41) is 5.49. The molecule has 29 heavy (non-hydrogen) atoms. The molecule has 1 aromatic carbocycles. The van der Waals surface area contributed by atoms with Gasteiger partial charge in [0.15, 0.2) is 11.4 Å². The standard InChI is InChI=1S/C20H20ClIN4O2S/c1-29-20-24-17(21)16(19(25-20)28-12-13-7-3-2-4-8-13)14-11-23-26(18(14)22)15-9-5-6-10-27-15/h2-4,7-8,11,15H,5-6,9-10,12H2,1H3. The fraction of sp³-hybridized carbons (Fsp3) is 0.350. The molecule has 152 valence electrons. The van der Waals surface area contributed by atoms with E-state index in [4.69, 9.17) is 21.1 Å². The van der Waals surface area contributed by atoms with Crippen molar-refractivity contribution in [3.63, 3.8) is 0 Å². The third-order valence-corrected chi connectivity index (χ3v) is 6.54. The minimum Gasteiger partial charge on any atom is -0.472 e. The van der Waals surface area contributed by atoms with Crippen molar-refractivity contribution >= 4 is 46.0 Å². The first-order valence-electron chi connectivity index (χ1n) is 9.30. The maximum atomic E-state index is 6.58. The third-order valence-electron chi connectivity index (χ3n) is 4.64. The van der Waals surface area contributed by atoms with Gasteiger partial charge in [-0.3, -0.25) is 0 Å². The Morgan fingerprint density at radius 2 is 2.10 bits per heavy atom. The molecule has 0 saturated carbocycles. The summed E-state index contributed by atoms with van der Waals surface area (Å²) in [6.45, 7) is 1.15. The molecule has 1 fully saturated rings. The van der Waals surface area contributed by atoms with Gasteiger partial charge in [0.25, 0.3) is 0 Å². The van der Waals surface area contributed by atoms with Crippen LogP contribution in [0, 0.1) is 3.70 Å². The minimum atomic E-state index is -0.0525. The summed E-state index contributed by atoms with van der Waals surface area (Å²) >= 11 is 10.3. The molecule has 1 aliphatic heterocycles. The van der Waals surface area contributed by atoms with Crippen molar-refractivity contribution < 1.29 is 9.47 Å². The zero-order valence-corrected chi connectivity index (χ0v) is 19.6. The number of nitrogens with zero attached hydrogens (tertiary/aromatic N) is 4. The zero-order valence-electron chi connectivity index (χ0n) is 15.8. The minimum absolute atomic E-state index is 0.0525. The number of aromatic nitrogens is 4. The topological polar surface area (TPSA) is 62.1 Å². The molecule has 0 spiro atoms. The highest BCUT2D eigenvalue weighted by Gasteiger charge is 2.25. The van der Waals surface area contributed by atoms with Crippen LogP contribution in [-0.2, 0) is 11.3 Å². The molecule has 3 heterocycles. The van der Waals surface area contributed by atoms with Crippen LogP contribution in [-0.4, -0.2) is 32.6 Å². The lowest BCUT2D eigenvalue weighted by Gasteiger charge is -2.23.